The van der Waals surface area contributed by atoms with Crippen molar-refractivity contribution in [1.82, 2.24) is 10.2 Å². The molecule has 0 bridgehead atoms. The van der Waals surface area contributed by atoms with E-state index < -0.39 is 29.7 Å². The molecule has 2 aliphatic heterocycles. The number of alkyl halides is 3. The van der Waals surface area contributed by atoms with Gasteiger partial charge in [-0.25, -0.2) is 0 Å². The maximum absolute atomic E-state index is 12.6. The van der Waals surface area contributed by atoms with Gasteiger partial charge in [-0.05, 0) is 30.7 Å². The molecule has 140 valence electrons. The fraction of sp³-hybridized carbons (Fsp3) is 0.438. The minimum Gasteiger partial charge on any atom is -0.344 e. The zero-order chi connectivity index (χ0) is 18.9. The molecule has 2 atom stereocenters. The van der Waals surface area contributed by atoms with Crippen LogP contribution in [0.2, 0.25) is 0 Å². The fourth-order valence-corrected chi connectivity index (χ4v) is 4.01. The summed E-state index contributed by atoms with van der Waals surface area (Å²) in [4.78, 5) is 37.7. The average molecular weight is 387 g/mol. The first-order valence-corrected chi connectivity index (χ1v) is 9.07. The van der Waals surface area contributed by atoms with Crippen LogP contribution < -0.4 is 10.6 Å². The molecule has 0 aliphatic carbocycles. The molecule has 2 N–H and O–H groups in total. The maximum atomic E-state index is 12.6. The highest BCUT2D eigenvalue weighted by atomic mass is 32.2. The van der Waals surface area contributed by atoms with Crippen LogP contribution in [0.5, 0.6) is 0 Å². The standard InChI is InChI=1S/C16H16F3N3O3S/c17-16(18,19)9-1-3-10(4-2-9)20-14(24)12-7-26-8-22(12)15(25)11-5-6-13(23)21-11/h1-4,11-12H,5-8H2,(H,20,24)(H,21,23)/t11-,12+/m1/s1. The molecule has 6 nitrogen and oxygen atoms in total. The Labute approximate surface area is 151 Å². The van der Waals surface area contributed by atoms with E-state index in [4.69, 9.17) is 0 Å². The number of halogens is 3. The van der Waals surface area contributed by atoms with Gasteiger partial charge in [-0.3, -0.25) is 14.4 Å². The van der Waals surface area contributed by atoms with Crippen LogP contribution >= 0.6 is 11.8 Å². The zero-order valence-corrected chi connectivity index (χ0v) is 14.3. The predicted octanol–water partition coefficient (Wildman–Crippen LogP) is 1.82. The summed E-state index contributed by atoms with van der Waals surface area (Å²) in [6.45, 7) is 0. The van der Waals surface area contributed by atoms with Gasteiger partial charge in [-0.15, -0.1) is 11.8 Å². The smallest absolute Gasteiger partial charge is 0.344 e. The van der Waals surface area contributed by atoms with Crippen molar-refractivity contribution in [2.24, 2.45) is 0 Å². The van der Waals surface area contributed by atoms with E-state index in [0.29, 0.717) is 18.1 Å². The van der Waals surface area contributed by atoms with Gasteiger partial charge < -0.3 is 15.5 Å². The molecule has 3 rings (SSSR count). The second kappa shape index (κ2) is 7.18. The van der Waals surface area contributed by atoms with Crippen LogP contribution in [0.25, 0.3) is 0 Å². The minimum atomic E-state index is -4.44. The van der Waals surface area contributed by atoms with Crippen molar-refractivity contribution in [3.05, 3.63) is 29.8 Å². The minimum absolute atomic E-state index is 0.194. The Morgan fingerprint density at radius 1 is 1.23 bits per heavy atom. The first kappa shape index (κ1) is 18.6. The molecule has 0 saturated carbocycles. The number of carbonyl (C=O) groups excluding carboxylic acids is 3. The van der Waals surface area contributed by atoms with Gasteiger partial charge in [0.1, 0.15) is 12.1 Å². The van der Waals surface area contributed by atoms with Crippen LogP contribution in [0.4, 0.5) is 18.9 Å². The topological polar surface area (TPSA) is 78.5 Å². The monoisotopic (exact) mass is 387 g/mol. The molecule has 2 aliphatic rings. The van der Waals surface area contributed by atoms with Gasteiger partial charge in [0.25, 0.3) is 0 Å². The zero-order valence-electron chi connectivity index (χ0n) is 13.5. The number of carbonyl (C=O) groups is 3. The number of nitrogens with one attached hydrogen (secondary N) is 2. The first-order chi connectivity index (χ1) is 12.3. The quantitative estimate of drug-likeness (QED) is 0.830. The van der Waals surface area contributed by atoms with Gasteiger partial charge >= 0.3 is 6.18 Å². The third-order valence-corrected chi connectivity index (χ3v) is 5.25. The normalized spacial score (nSPS) is 23.0. The second-order valence-electron chi connectivity index (χ2n) is 6.05. The third kappa shape index (κ3) is 3.95. The lowest BCUT2D eigenvalue weighted by Crippen LogP contribution is -2.50. The van der Waals surface area contributed by atoms with E-state index in [1.54, 1.807) is 0 Å². The van der Waals surface area contributed by atoms with Gasteiger partial charge in [0, 0.05) is 17.9 Å². The summed E-state index contributed by atoms with van der Waals surface area (Å²) < 4.78 is 37.7. The molecule has 3 amide bonds. The van der Waals surface area contributed by atoms with E-state index in [-0.39, 0.29) is 23.9 Å². The van der Waals surface area contributed by atoms with E-state index >= 15 is 0 Å². The van der Waals surface area contributed by atoms with Gasteiger partial charge in [-0.1, -0.05) is 0 Å². The molecular formula is C16H16F3N3O3S. The van der Waals surface area contributed by atoms with Crippen molar-refractivity contribution in [2.45, 2.75) is 31.1 Å². The lowest BCUT2D eigenvalue weighted by molar-refractivity contribution is -0.138. The van der Waals surface area contributed by atoms with Gasteiger partial charge in [-0.2, -0.15) is 13.2 Å². The Balaban J connectivity index is 1.65. The molecule has 1 aromatic rings. The molecule has 10 heteroatoms. The number of nitrogens with zero attached hydrogens (tertiary/aromatic N) is 1. The number of amides is 3. The summed E-state index contributed by atoms with van der Waals surface area (Å²) in [6.07, 6.45) is -3.77. The van der Waals surface area contributed by atoms with Crippen LogP contribution in [0.1, 0.15) is 18.4 Å². The summed E-state index contributed by atoms with van der Waals surface area (Å²) in [6, 6.07) is 2.76. The highest BCUT2D eigenvalue weighted by Gasteiger charge is 2.39. The lowest BCUT2D eigenvalue weighted by Gasteiger charge is -2.25. The Kier molecular flexibility index (Phi) is 5.12. The SMILES string of the molecule is O=C1CC[C@H](C(=O)N2CSC[C@H]2C(=O)Nc2ccc(C(F)(F)F)cc2)N1. The number of hydrogen-bond acceptors (Lipinski definition) is 4. The second-order valence-corrected chi connectivity index (χ2v) is 7.05. The van der Waals surface area contributed by atoms with Crippen LogP contribution in [-0.4, -0.2) is 46.3 Å². The van der Waals surface area contributed by atoms with Crippen LogP contribution in [-0.2, 0) is 20.6 Å². The van der Waals surface area contributed by atoms with Crippen LogP contribution in [0.3, 0.4) is 0 Å². The first-order valence-electron chi connectivity index (χ1n) is 7.91. The number of hydrogen-bond donors (Lipinski definition) is 2. The Hall–Kier alpha value is -2.23. The van der Waals surface area contributed by atoms with Crippen LogP contribution in [0, 0.1) is 0 Å². The third-order valence-electron chi connectivity index (χ3n) is 4.24. The van der Waals surface area contributed by atoms with Crippen LogP contribution in [0.15, 0.2) is 24.3 Å². The number of rotatable bonds is 3. The van der Waals surface area contributed by atoms with Crippen molar-refractivity contribution in [3.8, 4) is 0 Å². The molecule has 1 aromatic carbocycles. The number of anilines is 1. The fourth-order valence-electron chi connectivity index (χ4n) is 2.84. The van der Waals surface area contributed by atoms with E-state index in [1.807, 2.05) is 0 Å². The van der Waals surface area contributed by atoms with Crippen molar-refractivity contribution >= 4 is 35.2 Å². The molecule has 0 unspecified atom stereocenters. The van der Waals surface area contributed by atoms with E-state index in [2.05, 4.69) is 10.6 Å². The van der Waals surface area contributed by atoms with E-state index in [9.17, 15) is 27.6 Å². The van der Waals surface area contributed by atoms with Gasteiger partial charge in [0.15, 0.2) is 0 Å². The molecule has 2 heterocycles. The molecule has 0 spiro atoms. The summed E-state index contributed by atoms with van der Waals surface area (Å²) in [5.41, 5.74) is -0.581. The molecular weight excluding hydrogens is 371 g/mol. The Bertz CT molecular complexity index is 724. The highest BCUT2D eigenvalue weighted by Crippen LogP contribution is 2.30. The lowest BCUT2D eigenvalue weighted by atomic mass is 10.1. The number of benzene rings is 1. The molecule has 2 fully saturated rings. The molecule has 0 radical (unpaired) electrons. The molecule has 2 saturated heterocycles. The summed E-state index contributed by atoms with van der Waals surface area (Å²) >= 11 is 1.41. The van der Waals surface area contributed by atoms with Crippen molar-refractivity contribution in [1.29, 1.82) is 0 Å². The predicted molar refractivity (Wildman–Crippen MR) is 89.2 cm³/mol. The molecule has 26 heavy (non-hydrogen) atoms. The highest BCUT2D eigenvalue weighted by molar-refractivity contribution is 7.99. The summed E-state index contributed by atoms with van der Waals surface area (Å²) in [5, 5.41) is 5.13. The van der Waals surface area contributed by atoms with E-state index in [1.165, 1.54) is 28.8 Å². The Morgan fingerprint density at radius 3 is 2.50 bits per heavy atom. The summed E-state index contributed by atoms with van der Waals surface area (Å²) in [7, 11) is 0. The summed E-state index contributed by atoms with van der Waals surface area (Å²) in [5.74, 6) is -0.253. The maximum Gasteiger partial charge on any atom is 0.416 e. The van der Waals surface area contributed by atoms with E-state index in [0.717, 1.165) is 12.1 Å². The number of thioether (sulfide) groups is 1. The largest absolute Gasteiger partial charge is 0.416 e. The Morgan fingerprint density at radius 2 is 1.92 bits per heavy atom. The van der Waals surface area contributed by atoms with Crippen molar-refractivity contribution in [3.63, 3.8) is 0 Å². The van der Waals surface area contributed by atoms with Crippen molar-refractivity contribution < 1.29 is 27.6 Å². The van der Waals surface area contributed by atoms with Crippen molar-refractivity contribution in [2.75, 3.05) is 16.9 Å². The molecule has 0 aromatic heterocycles. The average Bonchev–Trinajstić information content (AvgIpc) is 3.23. The van der Waals surface area contributed by atoms with Gasteiger partial charge in [0.05, 0.1) is 11.4 Å². The van der Waals surface area contributed by atoms with Gasteiger partial charge in [0.2, 0.25) is 17.7 Å².